The van der Waals surface area contributed by atoms with Crippen LogP contribution >= 0.6 is 0 Å². The Morgan fingerprint density at radius 1 is 1.14 bits per heavy atom. The lowest BCUT2D eigenvalue weighted by Gasteiger charge is -2.31. The van der Waals surface area contributed by atoms with Gasteiger partial charge in [-0.15, -0.1) is 0 Å². The molecular formula is C22H27FN2O3S. The molecule has 5 nitrogen and oxygen atoms in total. The van der Waals surface area contributed by atoms with E-state index in [0.29, 0.717) is 25.9 Å². The van der Waals surface area contributed by atoms with Gasteiger partial charge in [-0.1, -0.05) is 36.4 Å². The Hall–Kier alpha value is -2.25. The number of aryl methyl sites for hydroxylation is 1. The van der Waals surface area contributed by atoms with Crippen LogP contribution in [0.15, 0.2) is 48.5 Å². The average Bonchev–Trinajstić information content (AvgIpc) is 2.70. The Morgan fingerprint density at radius 3 is 2.38 bits per heavy atom. The molecule has 1 N–H and O–H groups in total. The summed E-state index contributed by atoms with van der Waals surface area (Å²) in [5, 5.41) is 2.96. The topological polar surface area (TPSA) is 66.5 Å². The summed E-state index contributed by atoms with van der Waals surface area (Å²) in [6, 6.07) is 13.3. The summed E-state index contributed by atoms with van der Waals surface area (Å²) >= 11 is 0. The summed E-state index contributed by atoms with van der Waals surface area (Å²) in [6.07, 6.45) is 0.990. The van der Waals surface area contributed by atoms with Gasteiger partial charge in [0.15, 0.2) is 0 Å². The van der Waals surface area contributed by atoms with Crippen molar-refractivity contribution >= 4 is 15.9 Å². The molecule has 0 unspecified atom stereocenters. The van der Waals surface area contributed by atoms with Gasteiger partial charge in [0.1, 0.15) is 5.82 Å². The molecule has 0 bridgehead atoms. The molecule has 29 heavy (non-hydrogen) atoms. The molecule has 1 saturated heterocycles. The van der Waals surface area contributed by atoms with E-state index in [0.717, 1.165) is 16.7 Å². The minimum absolute atomic E-state index is 0.0157. The molecule has 1 aliphatic heterocycles. The van der Waals surface area contributed by atoms with Gasteiger partial charge in [-0.3, -0.25) is 4.79 Å². The second-order valence-corrected chi connectivity index (χ2v) is 9.61. The molecule has 2 aromatic carbocycles. The van der Waals surface area contributed by atoms with Gasteiger partial charge in [-0.25, -0.2) is 17.1 Å². The molecule has 0 radical (unpaired) electrons. The summed E-state index contributed by atoms with van der Waals surface area (Å²) in [7, 11) is -3.41. The van der Waals surface area contributed by atoms with E-state index in [2.05, 4.69) is 5.32 Å². The zero-order chi connectivity index (χ0) is 21.0. The predicted octanol–water partition coefficient (Wildman–Crippen LogP) is 3.55. The van der Waals surface area contributed by atoms with Gasteiger partial charge in [0.2, 0.25) is 15.9 Å². The molecule has 0 saturated carbocycles. The Balaban J connectivity index is 1.54. The average molecular weight is 419 g/mol. The molecule has 1 fully saturated rings. The van der Waals surface area contributed by atoms with Crippen LogP contribution in [0, 0.1) is 18.7 Å². The monoisotopic (exact) mass is 418 g/mol. The standard InChI is InChI=1S/C22H27FN2O3S/c1-16-5-3-4-6-20(16)15-29(27,28)25-13-11-19(12-14-25)22(26)24-17(2)18-7-9-21(23)10-8-18/h3-10,17,19H,11-15H2,1-2H3,(H,24,26)/t17-/m1/s1. The maximum atomic E-state index is 13.1. The van der Waals surface area contributed by atoms with E-state index in [9.17, 15) is 17.6 Å². The van der Waals surface area contributed by atoms with E-state index in [1.54, 1.807) is 12.1 Å². The van der Waals surface area contributed by atoms with Crippen LogP contribution in [0.2, 0.25) is 0 Å². The summed E-state index contributed by atoms with van der Waals surface area (Å²) in [4.78, 5) is 12.6. The fourth-order valence-corrected chi connectivity index (χ4v) is 5.29. The van der Waals surface area contributed by atoms with Crippen LogP contribution in [0.5, 0.6) is 0 Å². The number of piperidine rings is 1. The third-order valence-electron chi connectivity index (χ3n) is 5.55. The molecule has 0 aromatic heterocycles. The largest absolute Gasteiger partial charge is 0.349 e. The van der Waals surface area contributed by atoms with E-state index in [1.807, 2.05) is 38.1 Å². The summed E-state index contributed by atoms with van der Waals surface area (Å²) in [5.41, 5.74) is 2.60. The second kappa shape index (κ2) is 9.05. The quantitative estimate of drug-likeness (QED) is 0.780. The molecule has 2 aromatic rings. The van der Waals surface area contributed by atoms with E-state index in [-0.39, 0.29) is 29.4 Å². The first kappa shape index (κ1) is 21.5. The van der Waals surface area contributed by atoms with Gasteiger partial charge in [-0.05, 0) is 55.5 Å². The van der Waals surface area contributed by atoms with E-state index < -0.39 is 10.0 Å². The van der Waals surface area contributed by atoms with Gasteiger partial charge in [0, 0.05) is 19.0 Å². The molecule has 0 spiro atoms. The molecule has 1 heterocycles. The number of benzene rings is 2. The number of carbonyl (C=O) groups is 1. The number of nitrogens with zero attached hydrogens (tertiary/aromatic N) is 1. The number of nitrogens with one attached hydrogen (secondary N) is 1. The first-order valence-electron chi connectivity index (χ1n) is 9.84. The van der Waals surface area contributed by atoms with Crippen LogP contribution in [0.4, 0.5) is 4.39 Å². The van der Waals surface area contributed by atoms with Crippen molar-refractivity contribution in [3.8, 4) is 0 Å². The molecular weight excluding hydrogens is 391 g/mol. The number of hydrogen-bond acceptors (Lipinski definition) is 3. The van der Waals surface area contributed by atoms with Crippen molar-refractivity contribution in [3.05, 3.63) is 71.0 Å². The van der Waals surface area contributed by atoms with Crippen molar-refractivity contribution in [2.75, 3.05) is 13.1 Å². The van der Waals surface area contributed by atoms with E-state index in [1.165, 1.54) is 16.4 Å². The van der Waals surface area contributed by atoms with Gasteiger partial charge in [-0.2, -0.15) is 0 Å². The fourth-order valence-electron chi connectivity index (χ4n) is 3.62. The maximum absolute atomic E-state index is 13.1. The number of hydrogen-bond donors (Lipinski definition) is 1. The lowest BCUT2D eigenvalue weighted by molar-refractivity contribution is -0.126. The number of sulfonamides is 1. The molecule has 156 valence electrons. The molecule has 1 amide bonds. The van der Waals surface area contributed by atoms with Crippen molar-refractivity contribution in [3.63, 3.8) is 0 Å². The fraction of sp³-hybridized carbons (Fsp3) is 0.409. The van der Waals surface area contributed by atoms with Crippen molar-refractivity contribution in [2.24, 2.45) is 5.92 Å². The molecule has 1 atom stereocenters. The van der Waals surface area contributed by atoms with E-state index in [4.69, 9.17) is 0 Å². The molecule has 0 aliphatic carbocycles. The van der Waals surface area contributed by atoms with Crippen molar-refractivity contribution in [2.45, 2.75) is 38.5 Å². The van der Waals surface area contributed by atoms with Gasteiger partial charge in [0.25, 0.3) is 0 Å². The van der Waals surface area contributed by atoms with Crippen LogP contribution in [0.3, 0.4) is 0 Å². The summed E-state index contributed by atoms with van der Waals surface area (Å²) in [5.74, 6) is -0.634. The molecule has 1 aliphatic rings. The van der Waals surface area contributed by atoms with Crippen LogP contribution in [-0.2, 0) is 20.6 Å². The smallest absolute Gasteiger partial charge is 0.223 e. The second-order valence-electron chi connectivity index (χ2n) is 7.64. The Bertz CT molecular complexity index is 952. The number of carbonyl (C=O) groups excluding carboxylic acids is 1. The SMILES string of the molecule is Cc1ccccc1CS(=O)(=O)N1CCC(C(=O)N[C@H](C)c2ccc(F)cc2)CC1. The Labute approximate surface area is 172 Å². The van der Waals surface area contributed by atoms with Crippen molar-refractivity contribution < 1.29 is 17.6 Å². The zero-order valence-corrected chi connectivity index (χ0v) is 17.6. The van der Waals surface area contributed by atoms with Crippen molar-refractivity contribution in [1.82, 2.24) is 9.62 Å². The molecule has 3 rings (SSSR count). The highest BCUT2D eigenvalue weighted by atomic mass is 32.2. The Kier molecular flexibility index (Phi) is 6.70. The van der Waals surface area contributed by atoms with E-state index >= 15 is 0 Å². The summed E-state index contributed by atoms with van der Waals surface area (Å²) in [6.45, 7) is 4.45. The van der Waals surface area contributed by atoms with Crippen LogP contribution in [0.1, 0.15) is 42.5 Å². The number of rotatable bonds is 6. The Morgan fingerprint density at radius 2 is 1.76 bits per heavy atom. The highest BCUT2D eigenvalue weighted by Gasteiger charge is 2.31. The lowest BCUT2D eigenvalue weighted by atomic mass is 9.96. The summed E-state index contributed by atoms with van der Waals surface area (Å²) < 4.78 is 40.1. The zero-order valence-electron chi connectivity index (χ0n) is 16.8. The minimum atomic E-state index is -3.41. The highest BCUT2D eigenvalue weighted by Crippen LogP contribution is 2.24. The van der Waals surface area contributed by atoms with Crippen LogP contribution < -0.4 is 5.32 Å². The van der Waals surface area contributed by atoms with Gasteiger partial charge in [0.05, 0.1) is 11.8 Å². The first-order valence-corrected chi connectivity index (χ1v) is 11.5. The highest BCUT2D eigenvalue weighted by molar-refractivity contribution is 7.88. The van der Waals surface area contributed by atoms with Crippen LogP contribution in [0.25, 0.3) is 0 Å². The minimum Gasteiger partial charge on any atom is -0.349 e. The third-order valence-corrected chi connectivity index (χ3v) is 7.37. The van der Waals surface area contributed by atoms with Crippen molar-refractivity contribution in [1.29, 1.82) is 0 Å². The maximum Gasteiger partial charge on any atom is 0.223 e. The van der Waals surface area contributed by atoms with Gasteiger partial charge >= 0.3 is 0 Å². The third kappa shape index (κ3) is 5.42. The van der Waals surface area contributed by atoms with Crippen LogP contribution in [-0.4, -0.2) is 31.7 Å². The van der Waals surface area contributed by atoms with Gasteiger partial charge < -0.3 is 5.32 Å². The predicted molar refractivity (Wildman–Crippen MR) is 111 cm³/mol. The number of halogens is 1. The normalized spacial score (nSPS) is 17.1. The first-order chi connectivity index (χ1) is 13.8. The number of amides is 1. The molecule has 7 heteroatoms. The lowest BCUT2D eigenvalue weighted by Crippen LogP contribution is -2.43.